The summed E-state index contributed by atoms with van der Waals surface area (Å²) in [5, 5.41) is 40.8. The van der Waals surface area contributed by atoms with Gasteiger partial charge in [-0.1, -0.05) is 11.6 Å². The summed E-state index contributed by atoms with van der Waals surface area (Å²) in [6, 6.07) is 4.97. The third-order valence-electron chi connectivity index (χ3n) is 5.68. The average Bonchev–Trinajstić information content (AvgIpc) is 3.26. The Labute approximate surface area is 185 Å². The lowest BCUT2D eigenvalue weighted by Crippen LogP contribution is -2.60. The summed E-state index contributed by atoms with van der Waals surface area (Å²) in [5.74, 6) is 0.759. The zero-order valence-electron chi connectivity index (χ0n) is 16.6. The van der Waals surface area contributed by atoms with Crippen LogP contribution in [0.3, 0.4) is 0 Å². The van der Waals surface area contributed by atoms with E-state index in [9.17, 15) is 25.2 Å². The summed E-state index contributed by atoms with van der Waals surface area (Å²) in [5.41, 5.74) is 0.0142. The average molecular weight is 467 g/mol. The molecule has 3 heterocycles. The minimum atomic E-state index is -1.62. The monoisotopic (exact) mass is 466 g/mol. The first kappa shape index (κ1) is 21.3. The predicted molar refractivity (Wildman–Crippen MR) is 110 cm³/mol. The van der Waals surface area contributed by atoms with Gasteiger partial charge in [0.2, 0.25) is 13.1 Å². The van der Waals surface area contributed by atoms with Crippen molar-refractivity contribution >= 4 is 33.3 Å². The highest BCUT2D eigenvalue weighted by Crippen LogP contribution is 2.43. The summed E-state index contributed by atoms with van der Waals surface area (Å²) in [6.07, 6.45) is -7.35. The summed E-state index contributed by atoms with van der Waals surface area (Å²) < 4.78 is 27.3. The maximum atomic E-state index is 12.8. The Morgan fingerprint density at radius 3 is 2.66 bits per heavy atom. The minimum absolute atomic E-state index is 0.00244. The highest BCUT2D eigenvalue weighted by Gasteiger charge is 2.45. The van der Waals surface area contributed by atoms with Gasteiger partial charge in [-0.3, -0.25) is 0 Å². The maximum absolute atomic E-state index is 12.8. The van der Waals surface area contributed by atoms with E-state index < -0.39 is 42.9 Å². The number of hydrogen-bond donors (Lipinski definition) is 4. The van der Waals surface area contributed by atoms with E-state index in [0.717, 1.165) is 0 Å². The van der Waals surface area contributed by atoms with Gasteiger partial charge in [-0.15, -0.1) is 0 Å². The van der Waals surface area contributed by atoms with Crippen LogP contribution in [0.4, 0.5) is 0 Å². The number of rotatable bonds is 3. The van der Waals surface area contributed by atoms with Gasteiger partial charge in [0, 0.05) is 10.8 Å². The number of ether oxygens (including phenoxy) is 4. The van der Waals surface area contributed by atoms with E-state index in [2.05, 4.69) is 0 Å². The highest BCUT2D eigenvalue weighted by atomic mass is 35.5. The van der Waals surface area contributed by atoms with Crippen LogP contribution in [-0.2, 0) is 4.74 Å². The summed E-state index contributed by atoms with van der Waals surface area (Å²) in [6.45, 7) is 1.15. The zero-order valence-corrected chi connectivity index (χ0v) is 17.4. The third-order valence-corrected chi connectivity index (χ3v) is 6.04. The Bertz CT molecular complexity index is 1270. The van der Waals surface area contributed by atoms with Gasteiger partial charge in [0.15, 0.2) is 17.1 Å². The Morgan fingerprint density at radius 1 is 1.12 bits per heavy atom. The van der Waals surface area contributed by atoms with E-state index in [4.69, 9.17) is 35.0 Å². The van der Waals surface area contributed by atoms with E-state index >= 15 is 0 Å². The highest BCUT2D eigenvalue weighted by molar-refractivity contribution is 6.37. The smallest absolute Gasteiger partial charge is 0.348 e. The molecule has 2 aromatic carbocycles. The molecule has 10 nitrogen and oxygen atoms in total. The van der Waals surface area contributed by atoms with Crippen LogP contribution in [-0.4, -0.2) is 64.5 Å². The van der Waals surface area contributed by atoms with Crippen molar-refractivity contribution in [1.29, 1.82) is 0 Å². The Balaban J connectivity index is 1.62. The number of aliphatic hydroxyl groups is 4. The molecule has 4 N–H and O–H groups in total. The molecule has 0 radical (unpaired) electrons. The Hall–Kier alpha value is -2.60. The van der Waals surface area contributed by atoms with Gasteiger partial charge in [-0.25, -0.2) is 4.79 Å². The summed E-state index contributed by atoms with van der Waals surface area (Å²) in [4.78, 5) is 12.8. The molecular formula is C21H19ClO10. The summed E-state index contributed by atoms with van der Waals surface area (Å²) >= 11 is 6.49. The molecule has 0 unspecified atom stereocenters. The maximum Gasteiger partial charge on any atom is 0.348 e. The number of fused-ring (bicyclic) bond motifs is 5. The molecule has 1 saturated heterocycles. The van der Waals surface area contributed by atoms with Crippen LogP contribution in [0.2, 0.25) is 5.02 Å². The van der Waals surface area contributed by atoms with Gasteiger partial charge in [-0.2, -0.15) is 0 Å². The SMILES string of the molecule is Cc1cc(O[C@@H]2O[C@H](CO)[C@@H](O)[C@H](O)[C@H]2O)c(Cl)c2oc(=O)c3c4c(ccc3c12)OCO4. The van der Waals surface area contributed by atoms with Crippen molar-refractivity contribution in [3.8, 4) is 17.2 Å². The molecule has 11 heteroatoms. The molecule has 0 saturated carbocycles. The van der Waals surface area contributed by atoms with Crippen LogP contribution in [0.5, 0.6) is 17.2 Å². The number of benzene rings is 2. The lowest BCUT2D eigenvalue weighted by molar-refractivity contribution is -0.277. The first-order chi connectivity index (χ1) is 15.3. The predicted octanol–water partition coefficient (Wildman–Crippen LogP) is 0.815. The van der Waals surface area contributed by atoms with Gasteiger partial charge in [0.1, 0.15) is 40.6 Å². The van der Waals surface area contributed by atoms with Gasteiger partial charge < -0.3 is 43.8 Å². The van der Waals surface area contributed by atoms with Crippen molar-refractivity contribution in [2.24, 2.45) is 0 Å². The van der Waals surface area contributed by atoms with E-state index in [1.807, 2.05) is 0 Å². The van der Waals surface area contributed by atoms with Crippen molar-refractivity contribution in [2.45, 2.75) is 37.6 Å². The van der Waals surface area contributed by atoms with Gasteiger partial charge in [0.05, 0.1) is 6.61 Å². The van der Waals surface area contributed by atoms with Gasteiger partial charge in [0.25, 0.3) is 0 Å². The van der Waals surface area contributed by atoms with Gasteiger partial charge >= 0.3 is 5.63 Å². The van der Waals surface area contributed by atoms with Crippen molar-refractivity contribution in [3.05, 3.63) is 39.2 Å². The number of halogens is 1. The van der Waals surface area contributed by atoms with Crippen molar-refractivity contribution in [2.75, 3.05) is 13.4 Å². The second-order valence-corrected chi connectivity index (χ2v) is 8.01. The number of aliphatic hydroxyl groups excluding tert-OH is 4. The molecule has 32 heavy (non-hydrogen) atoms. The molecule has 0 amide bonds. The minimum Gasteiger partial charge on any atom is -0.460 e. The lowest BCUT2D eigenvalue weighted by atomic mass is 9.99. The third kappa shape index (κ3) is 3.11. The van der Waals surface area contributed by atoms with Crippen LogP contribution in [0.25, 0.3) is 21.7 Å². The Morgan fingerprint density at radius 2 is 1.91 bits per heavy atom. The van der Waals surface area contributed by atoms with E-state index in [1.165, 1.54) is 0 Å². The lowest BCUT2D eigenvalue weighted by Gasteiger charge is -2.39. The second-order valence-electron chi connectivity index (χ2n) is 7.64. The molecule has 1 aromatic heterocycles. The molecule has 170 valence electrons. The van der Waals surface area contributed by atoms with Crippen molar-refractivity contribution in [3.63, 3.8) is 0 Å². The van der Waals surface area contributed by atoms with Crippen LogP contribution < -0.4 is 19.8 Å². The molecular weight excluding hydrogens is 448 g/mol. The van der Waals surface area contributed by atoms with E-state index in [1.54, 1.807) is 25.1 Å². The van der Waals surface area contributed by atoms with Crippen LogP contribution in [0, 0.1) is 6.92 Å². The normalized spacial score (nSPS) is 27.2. The molecule has 2 aliphatic heterocycles. The first-order valence-corrected chi connectivity index (χ1v) is 10.1. The van der Waals surface area contributed by atoms with Gasteiger partial charge in [-0.05, 0) is 30.7 Å². The molecule has 0 aliphatic carbocycles. The first-order valence-electron chi connectivity index (χ1n) is 9.77. The molecule has 0 spiro atoms. The fourth-order valence-corrected chi connectivity index (χ4v) is 4.30. The standard InChI is InChI=1S/C21H19ClO10/c1-7-4-10(30-21-17(26)16(25)15(24)11(5-23)31-21)14(22)19-12(7)8-2-3-9-18(29-6-28-9)13(8)20(27)32-19/h2-4,11,15-17,21,23-26H,5-6H2,1H3/t11-,15-,16+,17-,21-/m1/s1. The molecule has 3 aromatic rings. The molecule has 2 aliphatic rings. The van der Waals surface area contributed by atoms with Crippen LogP contribution >= 0.6 is 11.6 Å². The molecule has 5 rings (SSSR count). The quantitative estimate of drug-likeness (QED) is 0.323. The molecule has 5 atom stereocenters. The van der Waals surface area contributed by atoms with Crippen molar-refractivity contribution in [1.82, 2.24) is 0 Å². The van der Waals surface area contributed by atoms with Crippen LogP contribution in [0.1, 0.15) is 5.56 Å². The number of hydrogen-bond acceptors (Lipinski definition) is 10. The number of aryl methyl sites for hydroxylation is 1. The van der Waals surface area contributed by atoms with E-state index in [-0.39, 0.29) is 28.5 Å². The van der Waals surface area contributed by atoms with Crippen molar-refractivity contribution < 1.29 is 43.8 Å². The molecule has 0 bridgehead atoms. The molecule has 1 fully saturated rings. The summed E-state index contributed by atoms with van der Waals surface area (Å²) in [7, 11) is 0. The second kappa shape index (κ2) is 7.77. The largest absolute Gasteiger partial charge is 0.460 e. The fourth-order valence-electron chi connectivity index (χ4n) is 4.07. The van der Waals surface area contributed by atoms with E-state index in [0.29, 0.717) is 27.8 Å². The Kier molecular flexibility index (Phi) is 5.16. The zero-order chi connectivity index (χ0) is 22.7. The fraction of sp³-hybridized carbons (Fsp3) is 0.381. The topological polar surface area (TPSA) is 148 Å². The van der Waals surface area contributed by atoms with Crippen LogP contribution in [0.15, 0.2) is 27.4 Å².